The van der Waals surface area contributed by atoms with Crippen LogP contribution in [0.1, 0.15) is 5.56 Å². The number of carbonyl (C=O) groups excluding carboxylic acids is 1. The number of anilines is 1. The number of rotatable bonds is 7. The third-order valence-electron chi connectivity index (χ3n) is 5.38. The predicted molar refractivity (Wildman–Crippen MR) is 120 cm³/mol. The highest BCUT2D eigenvalue weighted by Gasteiger charge is 2.27. The van der Waals surface area contributed by atoms with Crippen molar-refractivity contribution < 1.29 is 13.2 Å². The molecule has 3 aromatic rings. The summed E-state index contributed by atoms with van der Waals surface area (Å²) in [5, 5.41) is 4.86. The molecule has 0 aliphatic carbocycles. The van der Waals surface area contributed by atoms with Gasteiger partial charge in [-0.3, -0.25) is 4.79 Å². The molecule has 0 unspecified atom stereocenters. The molecule has 162 valence electrons. The van der Waals surface area contributed by atoms with Gasteiger partial charge in [0.25, 0.3) is 0 Å². The lowest BCUT2D eigenvalue weighted by Crippen LogP contribution is -2.50. The minimum Gasteiger partial charge on any atom is -0.355 e. The molecule has 1 fully saturated rings. The van der Waals surface area contributed by atoms with E-state index in [2.05, 4.69) is 15.3 Å². The number of aromatic nitrogens is 2. The van der Waals surface area contributed by atoms with Crippen molar-refractivity contribution in [3.63, 3.8) is 0 Å². The van der Waals surface area contributed by atoms with Gasteiger partial charge in [0.05, 0.1) is 12.2 Å². The number of hydrogen-bond acceptors (Lipinski definition) is 6. The Morgan fingerprint density at radius 3 is 2.42 bits per heavy atom. The summed E-state index contributed by atoms with van der Waals surface area (Å²) in [7, 11) is -3.44. The van der Waals surface area contributed by atoms with Gasteiger partial charge >= 0.3 is 0 Å². The molecule has 1 aromatic heterocycles. The SMILES string of the molecule is O=C(Cc1cccc2ccccc12)NCCS(=O)(=O)N1CCN(c2ncccn2)CC1. The number of carbonyl (C=O) groups is 1. The van der Waals surface area contributed by atoms with Crippen molar-refractivity contribution in [3.8, 4) is 0 Å². The van der Waals surface area contributed by atoms with Gasteiger partial charge in [0.2, 0.25) is 21.9 Å². The van der Waals surface area contributed by atoms with Crippen molar-refractivity contribution in [2.75, 3.05) is 43.4 Å². The van der Waals surface area contributed by atoms with Crippen LogP contribution in [0.5, 0.6) is 0 Å². The Bertz CT molecular complexity index is 1140. The normalized spacial score (nSPS) is 15.2. The lowest BCUT2D eigenvalue weighted by molar-refractivity contribution is -0.120. The van der Waals surface area contributed by atoms with E-state index in [1.165, 1.54) is 4.31 Å². The molecule has 1 aliphatic heterocycles. The number of piperazine rings is 1. The summed E-state index contributed by atoms with van der Waals surface area (Å²) in [6, 6.07) is 15.5. The van der Waals surface area contributed by atoms with Crippen LogP contribution in [-0.4, -0.2) is 67.1 Å². The van der Waals surface area contributed by atoms with Gasteiger partial charge in [-0.2, -0.15) is 4.31 Å². The molecule has 1 amide bonds. The Kier molecular flexibility index (Phi) is 6.43. The maximum atomic E-state index is 12.7. The fraction of sp³-hybridized carbons (Fsp3) is 0.318. The van der Waals surface area contributed by atoms with E-state index in [0.29, 0.717) is 32.1 Å². The molecule has 31 heavy (non-hydrogen) atoms. The molecule has 0 radical (unpaired) electrons. The second-order valence-electron chi connectivity index (χ2n) is 7.42. The third kappa shape index (κ3) is 5.18. The van der Waals surface area contributed by atoms with E-state index < -0.39 is 10.0 Å². The maximum Gasteiger partial charge on any atom is 0.225 e. The maximum absolute atomic E-state index is 12.7. The lowest BCUT2D eigenvalue weighted by atomic mass is 10.0. The molecule has 2 aromatic carbocycles. The summed E-state index contributed by atoms with van der Waals surface area (Å²) >= 11 is 0. The summed E-state index contributed by atoms with van der Waals surface area (Å²) < 4.78 is 26.8. The van der Waals surface area contributed by atoms with Crippen LogP contribution in [0.2, 0.25) is 0 Å². The van der Waals surface area contributed by atoms with E-state index in [9.17, 15) is 13.2 Å². The minimum absolute atomic E-state index is 0.0912. The first kappa shape index (κ1) is 21.2. The Hall–Kier alpha value is -3.04. The second-order valence-corrected chi connectivity index (χ2v) is 9.50. The van der Waals surface area contributed by atoms with Gasteiger partial charge in [0, 0.05) is 45.1 Å². The second kappa shape index (κ2) is 9.40. The van der Waals surface area contributed by atoms with E-state index in [0.717, 1.165) is 16.3 Å². The van der Waals surface area contributed by atoms with Crippen molar-refractivity contribution in [1.29, 1.82) is 0 Å². The molecule has 1 saturated heterocycles. The molecule has 4 rings (SSSR count). The quantitative estimate of drug-likeness (QED) is 0.599. The summed E-state index contributed by atoms with van der Waals surface area (Å²) in [4.78, 5) is 22.8. The number of amides is 1. The van der Waals surface area contributed by atoms with Gasteiger partial charge in [0.1, 0.15) is 0 Å². The number of nitrogens with one attached hydrogen (secondary N) is 1. The zero-order valence-electron chi connectivity index (χ0n) is 17.1. The number of fused-ring (bicyclic) bond motifs is 1. The van der Waals surface area contributed by atoms with Crippen LogP contribution >= 0.6 is 0 Å². The molecule has 8 nitrogen and oxygen atoms in total. The zero-order valence-corrected chi connectivity index (χ0v) is 18.0. The monoisotopic (exact) mass is 439 g/mol. The topological polar surface area (TPSA) is 95.5 Å². The molecule has 0 atom stereocenters. The van der Waals surface area contributed by atoms with E-state index in [1.807, 2.05) is 47.4 Å². The summed E-state index contributed by atoms with van der Waals surface area (Å²) in [5.41, 5.74) is 0.928. The smallest absolute Gasteiger partial charge is 0.225 e. The Balaban J connectivity index is 1.26. The molecule has 1 N–H and O–H groups in total. The fourth-order valence-electron chi connectivity index (χ4n) is 3.75. The molecule has 2 heterocycles. The molecule has 0 bridgehead atoms. The first-order chi connectivity index (χ1) is 15.0. The highest BCUT2D eigenvalue weighted by molar-refractivity contribution is 7.89. The van der Waals surface area contributed by atoms with Crippen LogP contribution < -0.4 is 10.2 Å². The van der Waals surface area contributed by atoms with E-state index in [4.69, 9.17) is 0 Å². The van der Waals surface area contributed by atoms with E-state index >= 15 is 0 Å². The first-order valence-electron chi connectivity index (χ1n) is 10.3. The van der Waals surface area contributed by atoms with Crippen molar-refractivity contribution in [2.45, 2.75) is 6.42 Å². The largest absolute Gasteiger partial charge is 0.355 e. The third-order valence-corrected chi connectivity index (χ3v) is 7.25. The average molecular weight is 440 g/mol. The summed E-state index contributed by atoms with van der Waals surface area (Å²) in [5.74, 6) is 0.314. The van der Waals surface area contributed by atoms with Gasteiger partial charge < -0.3 is 10.2 Å². The molecule has 0 spiro atoms. The number of sulfonamides is 1. The summed E-state index contributed by atoms with van der Waals surface area (Å²) in [6.45, 7) is 1.93. The minimum atomic E-state index is -3.44. The fourth-order valence-corrected chi connectivity index (χ4v) is 5.09. The van der Waals surface area contributed by atoms with Crippen LogP contribution in [0.4, 0.5) is 5.95 Å². The van der Waals surface area contributed by atoms with Crippen LogP contribution in [0.3, 0.4) is 0 Å². The predicted octanol–water partition coefficient (Wildman–Crippen LogP) is 1.44. The van der Waals surface area contributed by atoms with Gasteiger partial charge in [-0.15, -0.1) is 0 Å². The molecule has 0 saturated carbocycles. The van der Waals surface area contributed by atoms with E-state index in [1.54, 1.807) is 18.5 Å². The van der Waals surface area contributed by atoms with Gasteiger partial charge in [-0.05, 0) is 22.4 Å². The van der Waals surface area contributed by atoms with Crippen molar-refractivity contribution in [2.24, 2.45) is 0 Å². The molecule has 1 aliphatic rings. The first-order valence-corrected chi connectivity index (χ1v) is 11.9. The van der Waals surface area contributed by atoms with Crippen LogP contribution in [0, 0.1) is 0 Å². The van der Waals surface area contributed by atoms with Crippen LogP contribution in [-0.2, 0) is 21.2 Å². The van der Waals surface area contributed by atoms with Crippen molar-refractivity contribution >= 4 is 32.7 Å². The van der Waals surface area contributed by atoms with Gasteiger partial charge in [-0.1, -0.05) is 42.5 Å². The van der Waals surface area contributed by atoms with Gasteiger partial charge in [0.15, 0.2) is 0 Å². The summed E-state index contributed by atoms with van der Waals surface area (Å²) in [6.07, 6.45) is 3.57. The van der Waals surface area contributed by atoms with Crippen molar-refractivity contribution in [1.82, 2.24) is 19.6 Å². The number of benzene rings is 2. The Labute approximate surface area is 182 Å². The van der Waals surface area contributed by atoms with E-state index in [-0.39, 0.29) is 24.6 Å². The molecule has 9 heteroatoms. The lowest BCUT2D eigenvalue weighted by Gasteiger charge is -2.33. The number of nitrogens with zero attached hydrogens (tertiary/aromatic N) is 4. The molecular weight excluding hydrogens is 414 g/mol. The molecular formula is C22H25N5O3S. The average Bonchev–Trinajstić information content (AvgIpc) is 2.80. The van der Waals surface area contributed by atoms with Gasteiger partial charge in [-0.25, -0.2) is 18.4 Å². The zero-order chi connectivity index (χ0) is 21.7. The Morgan fingerprint density at radius 1 is 0.935 bits per heavy atom. The highest BCUT2D eigenvalue weighted by Crippen LogP contribution is 2.19. The number of hydrogen-bond donors (Lipinski definition) is 1. The standard InChI is InChI=1S/C22H25N5O3S/c28-21(17-19-7-3-6-18-5-1-2-8-20(18)19)23-11-16-31(29,30)27-14-12-26(13-15-27)22-24-9-4-10-25-22/h1-10H,11-17H2,(H,23,28). The van der Waals surface area contributed by atoms with Crippen LogP contribution in [0.15, 0.2) is 60.9 Å². The van der Waals surface area contributed by atoms with Crippen LogP contribution in [0.25, 0.3) is 10.8 Å². The van der Waals surface area contributed by atoms with Crippen molar-refractivity contribution in [3.05, 3.63) is 66.5 Å². The Morgan fingerprint density at radius 2 is 1.65 bits per heavy atom. The highest BCUT2D eigenvalue weighted by atomic mass is 32.2.